The summed E-state index contributed by atoms with van der Waals surface area (Å²) in [5, 5.41) is 2.24. The van der Waals surface area contributed by atoms with Crippen LogP contribution in [0.15, 0.2) is 59.0 Å². The van der Waals surface area contributed by atoms with Gasteiger partial charge >= 0.3 is 0 Å². The third-order valence-corrected chi connectivity index (χ3v) is 3.69. The molecule has 0 saturated heterocycles. The van der Waals surface area contributed by atoms with E-state index in [0.717, 1.165) is 33.0 Å². The highest BCUT2D eigenvalue weighted by atomic mass is 16.3. The number of nitrogens with two attached hydrogens (primary N) is 1. The van der Waals surface area contributed by atoms with Gasteiger partial charge in [-0.1, -0.05) is 30.3 Å². The number of nitrogens with zero attached hydrogens (tertiary/aromatic N) is 1. The maximum atomic E-state index is 6.17. The molecule has 1 aromatic heterocycles. The normalized spacial score (nSPS) is 11.3. The van der Waals surface area contributed by atoms with Crippen molar-refractivity contribution in [3.05, 3.63) is 60.2 Å². The molecule has 2 N–H and O–H groups in total. The number of oxazole rings is 1. The van der Waals surface area contributed by atoms with E-state index in [0.29, 0.717) is 11.6 Å². The molecule has 0 spiro atoms. The summed E-state index contributed by atoms with van der Waals surface area (Å²) in [4.78, 5) is 4.55. The van der Waals surface area contributed by atoms with Crippen LogP contribution in [0.1, 0.15) is 5.56 Å². The topological polar surface area (TPSA) is 52.0 Å². The third-order valence-electron chi connectivity index (χ3n) is 3.69. The number of hydrogen-bond donors (Lipinski definition) is 1. The lowest BCUT2D eigenvalue weighted by Gasteiger charge is -2.04. The Hall–Kier alpha value is -2.81. The number of aromatic nitrogens is 1. The van der Waals surface area contributed by atoms with Crippen molar-refractivity contribution in [2.45, 2.75) is 6.92 Å². The minimum Gasteiger partial charge on any atom is -0.436 e. The second-order valence-electron chi connectivity index (χ2n) is 5.28. The molecule has 21 heavy (non-hydrogen) atoms. The van der Waals surface area contributed by atoms with Crippen LogP contribution >= 0.6 is 0 Å². The number of nitrogen functional groups attached to an aromatic ring is 1. The molecule has 3 aromatic carbocycles. The number of benzene rings is 3. The van der Waals surface area contributed by atoms with Crippen LogP contribution in [0.3, 0.4) is 0 Å². The number of hydrogen-bond acceptors (Lipinski definition) is 3. The predicted octanol–water partition coefficient (Wildman–Crippen LogP) is 4.54. The van der Waals surface area contributed by atoms with Crippen LogP contribution in [-0.2, 0) is 0 Å². The number of fused-ring (bicyclic) bond motifs is 2. The summed E-state index contributed by atoms with van der Waals surface area (Å²) in [6, 6.07) is 18.1. The lowest BCUT2D eigenvalue weighted by Crippen LogP contribution is -1.90. The van der Waals surface area contributed by atoms with Crippen LogP contribution in [0.2, 0.25) is 0 Å². The van der Waals surface area contributed by atoms with E-state index >= 15 is 0 Å². The largest absolute Gasteiger partial charge is 0.436 e. The van der Waals surface area contributed by atoms with Crippen molar-refractivity contribution in [1.82, 2.24) is 4.98 Å². The van der Waals surface area contributed by atoms with E-state index in [4.69, 9.17) is 10.2 Å². The molecule has 0 fully saturated rings. The first-order chi connectivity index (χ1) is 10.2. The monoisotopic (exact) mass is 274 g/mol. The maximum Gasteiger partial charge on any atom is 0.229 e. The maximum absolute atomic E-state index is 6.17. The van der Waals surface area contributed by atoms with Gasteiger partial charge in [-0.05, 0) is 47.5 Å². The Kier molecular flexibility index (Phi) is 2.48. The zero-order chi connectivity index (χ0) is 14.4. The number of anilines is 1. The van der Waals surface area contributed by atoms with Gasteiger partial charge < -0.3 is 10.2 Å². The van der Waals surface area contributed by atoms with Gasteiger partial charge in [0.15, 0.2) is 5.58 Å². The van der Waals surface area contributed by atoms with Crippen molar-refractivity contribution in [3.63, 3.8) is 0 Å². The van der Waals surface area contributed by atoms with Gasteiger partial charge in [-0.25, -0.2) is 4.98 Å². The van der Waals surface area contributed by atoms with Crippen molar-refractivity contribution in [3.8, 4) is 11.5 Å². The Labute approximate surface area is 122 Å². The summed E-state index contributed by atoms with van der Waals surface area (Å²) >= 11 is 0. The Morgan fingerprint density at radius 3 is 2.52 bits per heavy atom. The van der Waals surface area contributed by atoms with Crippen LogP contribution < -0.4 is 5.73 Å². The Bertz CT molecular complexity index is 969. The van der Waals surface area contributed by atoms with E-state index in [-0.39, 0.29) is 0 Å². The van der Waals surface area contributed by atoms with Gasteiger partial charge in [0.1, 0.15) is 5.52 Å². The van der Waals surface area contributed by atoms with Crippen LogP contribution in [0.25, 0.3) is 33.3 Å². The fraction of sp³-hybridized carbons (Fsp3) is 0.0556. The van der Waals surface area contributed by atoms with Crippen LogP contribution in [0.5, 0.6) is 0 Å². The molecule has 0 atom stereocenters. The summed E-state index contributed by atoms with van der Waals surface area (Å²) in [7, 11) is 0. The van der Waals surface area contributed by atoms with Crippen LogP contribution in [0.4, 0.5) is 5.69 Å². The predicted molar refractivity (Wildman–Crippen MR) is 86.1 cm³/mol. The molecular weight excluding hydrogens is 260 g/mol. The highest BCUT2D eigenvalue weighted by Gasteiger charge is 2.12. The van der Waals surface area contributed by atoms with Gasteiger partial charge in [0, 0.05) is 5.69 Å². The molecule has 4 rings (SSSR count). The van der Waals surface area contributed by atoms with Crippen molar-refractivity contribution >= 4 is 27.6 Å². The number of rotatable bonds is 1. The van der Waals surface area contributed by atoms with E-state index < -0.39 is 0 Å². The summed E-state index contributed by atoms with van der Waals surface area (Å²) in [6.07, 6.45) is 0. The van der Waals surface area contributed by atoms with Crippen LogP contribution in [-0.4, -0.2) is 4.98 Å². The van der Waals surface area contributed by atoms with Crippen LogP contribution in [0, 0.1) is 6.92 Å². The molecule has 0 amide bonds. The van der Waals surface area contributed by atoms with Gasteiger partial charge in [0.05, 0.1) is 5.56 Å². The lowest BCUT2D eigenvalue weighted by atomic mass is 10.1. The van der Waals surface area contributed by atoms with Crippen molar-refractivity contribution in [2.24, 2.45) is 0 Å². The zero-order valence-corrected chi connectivity index (χ0v) is 11.6. The molecule has 3 nitrogen and oxygen atoms in total. The molecule has 0 unspecified atom stereocenters. The highest BCUT2D eigenvalue weighted by molar-refractivity contribution is 5.93. The van der Waals surface area contributed by atoms with Gasteiger partial charge in [0.25, 0.3) is 0 Å². The standard InChI is InChI=1S/C18H14N2O/c1-11-6-7-16-17(8-11)21-18(20-16)14-9-12-4-2-3-5-13(12)10-15(14)19/h2-10H,19H2,1H3. The average Bonchev–Trinajstić information content (AvgIpc) is 2.89. The van der Waals surface area contributed by atoms with E-state index in [9.17, 15) is 0 Å². The zero-order valence-electron chi connectivity index (χ0n) is 11.6. The van der Waals surface area contributed by atoms with E-state index in [1.54, 1.807) is 0 Å². The first-order valence-corrected chi connectivity index (χ1v) is 6.86. The molecule has 0 radical (unpaired) electrons. The third kappa shape index (κ3) is 1.94. The Balaban J connectivity index is 1.96. The molecule has 0 aliphatic carbocycles. The second kappa shape index (κ2) is 4.35. The van der Waals surface area contributed by atoms with E-state index in [1.165, 1.54) is 0 Å². The van der Waals surface area contributed by atoms with Gasteiger partial charge in [-0.2, -0.15) is 0 Å². The highest BCUT2D eigenvalue weighted by Crippen LogP contribution is 2.32. The molecule has 102 valence electrons. The van der Waals surface area contributed by atoms with Gasteiger partial charge in [0.2, 0.25) is 5.89 Å². The summed E-state index contributed by atoms with van der Waals surface area (Å²) in [5.74, 6) is 0.568. The van der Waals surface area contributed by atoms with Gasteiger partial charge in [-0.3, -0.25) is 0 Å². The van der Waals surface area contributed by atoms with Gasteiger partial charge in [-0.15, -0.1) is 0 Å². The second-order valence-corrected chi connectivity index (χ2v) is 5.28. The minimum atomic E-state index is 0.568. The molecule has 4 aromatic rings. The Morgan fingerprint density at radius 2 is 1.71 bits per heavy atom. The smallest absolute Gasteiger partial charge is 0.229 e. The van der Waals surface area contributed by atoms with Crippen molar-refractivity contribution in [2.75, 3.05) is 5.73 Å². The molecule has 0 aliphatic heterocycles. The molecule has 1 heterocycles. The SMILES string of the molecule is Cc1ccc2nc(-c3cc4ccccc4cc3N)oc2c1. The quantitative estimate of drug-likeness (QED) is 0.518. The molecule has 3 heteroatoms. The Morgan fingerprint density at radius 1 is 0.952 bits per heavy atom. The fourth-order valence-electron chi connectivity index (χ4n) is 2.59. The molecule has 0 aliphatic rings. The van der Waals surface area contributed by atoms with E-state index in [2.05, 4.69) is 11.1 Å². The summed E-state index contributed by atoms with van der Waals surface area (Å²) in [5.41, 5.74) is 10.5. The van der Waals surface area contributed by atoms with E-state index in [1.807, 2.05) is 55.5 Å². The van der Waals surface area contributed by atoms with Crippen molar-refractivity contribution < 1.29 is 4.42 Å². The first kappa shape index (κ1) is 12.0. The summed E-state index contributed by atoms with van der Waals surface area (Å²) in [6.45, 7) is 2.03. The molecule has 0 bridgehead atoms. The first-order valence-electron chi connectivity index (χ1n) is 6.86. The molecular formula is C18H14N2O. The number of aryl methyl sites for hydroxylation is 1. The minimum absolute atomic E-state index is 0.568. The average molecular weight is 274 g/mol. The van der Waals surface area contributed by atoms with Crippen molar-refractivity contribution in [1.29, 1.82) is 0 Å². The fourth-order valence-corrected chi connectivity index (χ4v) is 2.59. The summed E-state index contributed by atoms with van der Waals surface area (Å²) < 4.78 is 5.87. The molecule has 0 saturated carbocycles. The lowest BCUT2D eigenvalue weighted by molar-refractivity contribution is 0.620.